The maximum Gasteiger partial charge on any atom is 0.124 e. The fourth-order valence-corrected chi connectivity index (χ4v) is 4.91. The molecule has 4 heteroatoms. The number of methoxy groups -OCH3 is 1. The number of para-hydroxylation sites is 3. The molecule has 2 heterocycles. The van der Waals surface area contributed by atoms with Crippen LogP contribution in [-0.2, 0) is 13.0 Å². The first-order valence-electron chi connectivity index (χ1n) is 11.5. The first-order chi connectivity index (χ1) is 14.7. The third-order valence-electron chi connectivity index (χ3n) is 6.51. The molecule has 0 amide bonds. The van der Waals surface area contributed by atoms with Gasteiger partial charge in [0.2, 0.25) is 0 Å². The van der Waals surface area contributed by atoms with E-state index in [-0.39, 0.29) is 0 Å². The smallest absolute Gasteiger partial charge is 0.124 e. The maximum absolute atomic E-state index is 5.49. The molecule has 0 saturated carbocycles. The predicted octanol–water partition coefficient (Wildman–Crippen LogP) is 5.86. The molecule has 0 N–H and O–H groups in total. The minimum absolute atomic E-state index is 0.430. The van der Waals surface area contributed by atoms with Crippen LogP contribution in [0.1, 0.15) is 57.0 Å². The molecule has 3 aromatic rings. The third kappa shape index (κ3) is 4.70. The van der Waals surface area contributed by atoms with Crippen molar-refractivity contribution in [3.05, 3.63) is 59.9 Å². The quantitative estimate of drug-likeness (QED) is 0.470. The molecule has 0 aliphatic carbocycles. The van der Waals surface area contributed by atoms with Crippen molar-refractivity contribution in [1.29, 1.82) is 0 Å². The van der Waals surface area contributed by atoms with Crippen LogP contribution in [0.2, 0.25) is 0 Å². The van der Waals surface area contributed by atoms with Crippen molar-refractivity contribution < 1.29 is 4.74 Å². The van der Waals surface area contributed by atoms with Crippen molar-refractivity contribution in [2.45, 2.75) is 58.5 Å². The van der Waals surface area contributed by atoms with E-state index in [1.54, 1.807) is 7.11 Å². The predicted molar refractivity (Wildman–Crippen MR) is 124 cm³/mol. The van der Waals surface area contributed by atoms with Crippen molar-refractivity contribution in [1.82, 2.24) is 14.5 Å². The Morgan fingerprint density at radius 3 is 2.53 bits per heavy atom. The summed E-state index contributed by atoms with van der Waals surface area (Å²) in [4.78, 5) is 7.55. The Balaban J connectivity index is 1.29. The van der Waals surface area contributed by atoms with E-state index in [0.29, 0.717) is 6.04 Å². The monoisotopic (exact) mass is 405 g/mol. The normalized spacial score (nSPS) is 15.9. The summed E-state index contributed by atoms with van der Waals surface area (Å²) in [6, 6.07) is 17.4. The first kappa shape index (κ1) is 20.9. The van der Waals surface area contributed by atoms with Gasteiger partial charge in [-0.05, 0) is 82.3 Å². The second kappa shape index (κ2) is 9.65. The van der Waals surface area contributed by atoms with Crippen LogP contribution in [0.5, 0.6) is 5.75 Å². The average molecular weight is 406 g/mol. The number of piperidine rings is 1. The van der Waals surface area contributed by atoms with Gasteiger partial charge in [-0.15, -0.1) is 0 Å². The summed E-state index contributed by atoms with van der Waals surface area (Å²) in [6.45, 7) is 7.83. The highest BCUT2D eigenvalue weighted by Gasteiger charge is 2.22. The lowest BCUT2D eigenvalue weighted by Gasteiger charge is -2.32. The van der Waals surface area contributed by atoms with Crippen molar-refractivity contribution in [3.63, 3.8) is 0 Å². The summed E-state index contributed by atoms with van der Waals surface area (Å²) in [5.41, 5.74) is 3.71. The van der Waals surface area contributed by atoms with Crippen LogP contribution < -0.4 is 4.74 Å². The molecule has 0 spiro atoms. The van der Waals surface area contributed by atoms with Gasteiger partial charge in [-0.25, -0.2) is 4.98 Å². The Labute approximate surface area is 180 Å². The molecule has 4 nitrogen and oxygen atoms in total. The topological polar surface area (TPSA) is 30.3 Å². The summed E-state index contributed by atoms with van der Waals surface area (Å²) < 4.78 is 7.90. The zero-order chi connectivity index (χ0) is 20.9. The Morgan fingerprint density at radius 2 is 1.77 bits per heavy atom. The molecule has 0 radical (unpaired) electrons. The van der Waals surface area contributed by atoms with E-state index >= 15 is 0 Å². The molecular weight excluding hydrogens is 370 g/mol. The minimum Gasteiger partial charge on any atom is -0.496 e. The SMILES string of the molecule is COc1ccccc1CCCC1CCN(Cc2nc3ccccc3n2C(C)C)CC1. The van der Waals surface area contributed by atoms with E-state index in [0.717, 1.165) is 30.1 Å². The molecule has 1 aromatic heterocycles. The van der Waals surface area contributed by atoms with Gasteiger partial charge in [0.25, 0.3) is 0 Å². The maximum atomic E-state index is 5.49. The van der Waals surface area contributed by atoms with Crippen LogP contribution >= 0.6 is 0 Å². The van der Waals surface area contributed by atoms with Crippen LogP contribution in [0, 0.1) is 5.92 Å². The fraction of sp³-hybridized carbons (Fsp3) is 0.500. The van der Waals surface area contributed by atoms with E-state index in [1.807, 2.05) is 6.07 Å². The molecule has 30 heavy (non-hydrogen) atoms. The Kier molecular flexibility index (Phi) is 6.73. The number of nitrogens with zero attached hydrogens (tertiary/aromatic N) is 3. The number of hydrogen-bond acceptors (Lipinski definition) is 3. The molecule has 2 aromatic carbocycles. The number of ether oxygens (including phenoxy) is 1. The number of imidazole rings is 1. The number of fused-ring (bicyclic) bond motifs is 1. The summed E-state index contributed by atoms with van der Waals surface area (Å²) in [5.74, 6) is 3.08. The number of hydrogen-bond donors (Lipinski definition) is 0. The highest BCUT2D eigenvalue weighted by molar-refractivity contribution is 5.76. The van der Waals surface area contributed by atoms with E-state index < -0.39 is 0 Å². The highest BCUT2D eigenvalue weighted by Crippen LogP contribution is 2.27. The van der Waals surface area contributed by atoms with E-state index in [1.165, 1.54) is 55.7 Å². The molecule has 0 atom stereocenters. The molecular formula is C26H35N3O. The summed E-state index contributed by atoms with van der Waals surface area (Å²) in [6.07, 6.45) is 6.27. The third-order valence-corrected chi connectivity index (χ3v) is 6.51. The fourth-order valence-electron chi connectivity index (χ4n) is 4.91. The Hall–Kier alpha value is -2.33. The average Bonchev–Trinajstić information content (AvgIpc) is 3.13. The van der Waals surface area contributed by atoms with Crippen molar-refractivity contribution in [2.24, 2.45) is 5.92 Å². The molecule has 1 saturated heterocycles. The van der Waals surface area contributed by atoms with Gasteiger partial charge in [0.15, 0.2) is 0 Å². The Bertz CT molecular complexity index is 954. The van der Waals surface area contributed by atoms with Crippen LogP contribution in [0.4, 0.5) is 0 Å². The zero-order valence-corrected chi connectivity index (χ0v) is 18.7. The minimum atomic E-state index is 0.430. The second-order valence-electron chi connectivity index (χ2n) is 8.90. The van der Waals surface area contributed by atoms with Crippen molar-refractivity contribution in [2.75, 3.05) is 20.2 Å². The van der Waals surface area contributed by atoms with Crippen molar-refractivity contribution >= 4 is 11.0 Å². The molecule has 0 bridgehead atoms. The van der Waals surface area contributed by atoms with Gasteiger partial charge in [0.05, 0.1) is 24.7 Å². The lowest BCUT2D eigenvalue weighted by molar-refractivity contribution is 0.165. The van der Waals surface area contributed by atoms with Crippen LogP contribution in [0.3, 0.4) is 0 Å². The second-order valence-corrected chi connectivity index (χ2v) is 8.90. The number of benzene rings is 2. The van der Waals surface area contributed by atoms with Gasteiger partial charge < -0.3 is 9.30 Å². The van der Waals surface area contributed by atoms with Gasteiger partial charge >= 0.3 is 0 Å². The summed E-state index contributed by atoms with van der Waals surface area (Å²) >= 11 is 0. The lowest BCUT2D eigenvalue weighted by atomic mass is 9.90. The number of aromatic nitrogens is 2. The molecule has 0 unspecified atom stereocenters. The van der Waals surface area contributed by atoms with Gasteiger partial charge in [-0.2, -0.15) is 0 Å². The highest BCUT2D eigenvalue weighted by atomic mass is 16.5. The van der Waals surface area contributed by atoms with E-state index in [9.17, 15) is 0 Å². The van der Waals surface area contributed by atoms with Crippen LogP contribution in [-0.4, -0.2) is 34.7 Å². The number of likely N-dealkylation sites (tertiary alicyclic amines) is 1. The molecule has 160 valence electrons. The van der Waals surface area contributed by atoms with E-state index in [2.05, 4.69) is 65.8 Å². The Morgan fingerprint density at radius 1 is 1.03 bits per heavy atom. The largest absolute Gasteiger partial charge is 0.496 e. The molecule has 1 aliphatic heterocycles. The van der Waals surface area contributed by atoms with E-state index in [4.69, 9.17) is 9.72 Å². The first-order valence-corrected chi connectivity index (χ1v) is 11.5. The lowest BCUT2D eigenvalue weighted by Crippen LogP contribution is -2.34. The molecule has 4 rings (SSSR count). The van der Waals surface area contributed by atoms with Crippen LogP contribution in [0.15, 0.2) is 48.5 Å². The van der Waals surface area contributed by atoms with Gasteiger partial charge in [-0.3, -0.25) is 4.90 Å². The summed E-state index contributed by atoms with van der Waals surface area (Å²) in [7, 11) is 1.77. The zero-order valence-electron chi connectivity index (χ0n) is 18.7. The van der Waals surface area contributed by atoms with Crippen molar-refractivity contribution in [3.8, 4) is 5.75 Å². The van der Waals surface area contributed by atoms with Gasteiger partial charge in [-0.1, -0.05) is 36.8 Å². The standard InChI is InChI=1S/C26H35N3O/c1-20(2)29-24-13-6-5-12-23(24)27-26(29)19-28-17-15-21(16-18-28)9-8-11-22-10-4-7-14-25(22)30-3/h4-7,10,12-14,20-21H,8-9,11,15-19H2,1-3H3. The number of rotatable bonds is 8. The van der Waals surface area contributed by atoms with Gasteiger partial charge in [0.1, 0.15) is 11.6 Å². The van der Waals surface area contributed by atoms with Crippen LogP contribution in [0.25, 0.3) is 11.0 Å². The van der Waals surface area contributed by atoms with Gasteiger partial charge in [0, 0.05) is 6.04 Å². The molecule has 1 fully saturated rings. The summed E-state index contributed by atoms with van der Waals surface area (Å²) in [5, 5.41) is 0. The number of aryl methyl sites for hydroxylation is 1. The molecule has 1 aliphatic rings.